The van der Waals surface area contributed by atoms with Gasteiger partial charge in [0.25, 0.3) is 11.8 Å². The van der Waals surface area contributed by atoms with Gasteiger partial charge in [-0.2, -0.15) is 0 Å². The summed E-state index contributed by atoms with van der Waals surface area (Å²) in [5, 5.41) is 2.33. The predicted octanol–water partition coefficient (Wildman–Crippen LogP) is 6.23. The van der Waals surface area contributed by atoms with Crippen molar-refractivity contribution >= 4 is 51.2 Å². The number of benzene rings is 2. The first-order valence-corrected chi connectivity index (χ1v) is 12.7. The molecule has 2 aliphatic heterocycles. The van der Waals surface area contributed by atoms with E-state index in [2.05, 4.69) is 72.9 Å². The molecule has 0 saturated carbocycles. The first-order valence-electron chi connectivity index (χ1n) is 11.9. The van der Waals surface area contributed by atoms with Crippen molar-refractivity contribution in [2.75, 3.05) is 9.80 Å². The molecule has 0 spiro atoms. The molecule has 0 aromatic heterocycles. The summed E-state index contributed by atoms with van der Waals surface area (Å²) < 4.78 is 0.841. The van der Waals surface area contributed by atoms with E-state index < -0.39 is 17.8 Å². The van der Waals surface area contributed by atoms with Crippen molar-refractivity contribution in [2.45, 2.75) is 72.4 Å². The minimum absolute atomic E-state index is 0.0234. The number of barbiturate groups is 1. The Balaban J connectivity index is 1.80. The van der Waals surface area contributed by atoms with E-state index in [1.54, 1.807) is 18.2 Å². The summed E-state index contributed by atoms with van der Waals surface area (Å²) >= 11 is 3.41. The van der Waals surface area contributed by atoms with Crippen LogP contribution in [0.3, 0.4) is 0 Å². The second-order valence-electron chi connectivity index (χ2n) is 10.5. The molecule has 1 N–H and O–H groups in total. The highest BCUT2D eigenvalue weighted by Gasteiger charge is 2.39. The van der Waals surface area contributed by atoms with Gasteiger partial charge in [-0.3, -0.25) is 14.9 Å². The molecular weight excluding hydrogens is 506 g/mol. The summed E-state index contributed by atoms with van der Waals surface area (Å²) in [7, 11) is 0. The van der Waals surface area contributed by atoms with Crippen molar-refractivity contribution in [3.8, 4) is 0 Å². The van der Waals surface area contributed by atoms with Crippen molar-refractivity contribution in [3.05, 3.63) is 62.6 Å². The smallest absolute Gasteiger partial charge is 0.335 e. The molecule has 2 aromatic carbocycles. The normalized spacial score (nSPS) is 21.0. The van der Waals surface area contributed by atoms with Gasteiger partial charge in [0.05, 0.1) is 5.69 Å². The molecule has 184 valence electrons. The minimum atomic E-state index is -0.742. The highest BCUT2D eigenvalue weighted by molar-refractivity contribution is 9.10. The summed E-state index contributed by atoms with van der Waals surface area (Å²) in [5.74, 6) is -0.979. The van der Waals surface area contributed by atoms with Crippen LogP contribution in [-0.4, -0.2) is 29.4 Å². The Hall–Kier alpha value is -2.93. The third-order valence-electron chi connectivity index (χ3n) is 6.98. The summed E-state index contributed by atoms with van der Waals surface area (Å²) in [6.07, 6.45) is 2.62. The number of hydrogen-bond acceptors (Lipinski definition) is 4. The number of nitrogens with one attached hydrogen (secondary N) is 1. The van der Waals surface area contributed by atoms with E-state index in [4.69, 9.17) is 0 Å². The quantitative estimate of drug-likeness (QED) is 0.372. The van der Waals surface area contributed by atoms with Crippen LogP contribution in [0.4, 0.5) is 16.2 Å². The second kappa shape index (κ2) is 8.94. The van der Waals surface area contributed by atoms with E-state index in [0.29, 0.717) is 17.6 Å². The topological polar surface area (TPSA) is 69.7 Å². The fourth-order valence-electron chi connectivity index (χ4n) is 5.65. The number of fused-ring (bicyclic) bond motifs is 1. The molecule has 7 heteroatoms. The first-order chi connectivity index (χ1) is 16.3. The van der Waals surface area contributed by atoms with Crippen molar-refractivity contribution in [1.82, 2.24) is 5.32 Å². The van der Waals surface area contributed by atoms with Crippen molar-refractivity contribution in [1.29, 1.82) is 0 Å². The molecule has 1 unspecified atom stereocenters. The van der Waals surface area contributed by atoms with Crippen molar-refractivity contribution in [3.63, 3.8) is 0 Å². The number of hydrogen-bond donors (Lipinski definition) is 1. The van der Waals surface area contributed by atoms with Gasteiger partial charge < -0.3 is 4.90 Å². The molecule has 6 nitrogen and oxygen atoms in total. The maximum atomic E-state index is 13.4. The van der Waals surface area contributed by atoms with Gasteiger partial charge in [-0.05, 0) is 113 Å². The summed E-state index contributed by atoms with van der Waals surface area (Å²) in [6, 6.07) is 9.13. The van der Waals surface area contributed by atoms with Crippen LogP contribution >= 0.6 is 15.9 Å². The fourth-order valence-corrected chi connectivity index (χ4v) is 6.12. The van der Waals surface area contributed by atoms with Crippen molar-refractivity contribution < 1.29 is 14.4 Å². The Bertz CT molecular complexity index is 1280. The van der Waals surface area contributed by atoms with Gasteiger partial charge in [0.2, 0.25) is 0 Å². The molecule has 35 heavy (non-hydrogen) atoms. The Kier molecular flexibility index (Phi) is 6.43. The molecule has 0 aliphatic carbocycles. The Morgan fingerprint density at radius 3 is 2.37 bits per heavy atom. The number of halogens is 1. The number of rotatable bonds is 3. The summed E-state index contributed by atoms with van der Waals surface area (Å²) in [4.78, 5) is 42.3. The lowest BCUT2D eigenvalue weighted by Crippen LogP contribution is -2.54. The lowest BCUT2D eigenvalue weighted by atomic mass is 9.78. The van der Waals surface area contributed by atoms with Crippen molar-refractivity contribution in [2.24, 2.45) is 0 Å². The molecule has 1 fully saturated rings. The zero-order chi connectivity index (χ0) is 25.8. The van der Waals surface area contributed by atoms with Gasteiger partial charge in [-0.1, -0.05) is 22.9 Å². The van der Waals surface area contributed by atoms with Crippen LogP contribution in [0.2, 0.25) is 0 Å². The highest BCUT2D eigenvalue weighted by Crippen LogP contribution is 2.45. The van der Waals surface area contributed by atoms with E-state index in [1.807, 2.05) is 19.9 Å². The number of nitrogens with zero attached hydrogens (tertiary/aromatic N) is 2. The van der Waals surface area contributed by atoms with E-state index in [9.17, 15) is 14.4 Å². The maximum absolute atomic E-state index is 13.4. The molecule has 2 aromatic rings. The SMILES string of the molecule is Cc1cc2c(cc1/C=C1\C(=O)NC(=O)N(c3ccc(Br)cc3C)C1=O)C(C)CC(C)(C)N2C(C)C. The van der Waals surface area contributed by atoms with Gasteiger partial charge >= 0.3 is 6.03 Å². The number of anilines is 2. The predicted molar refractivity (Wildman–Crippen MR) is 144 cm³/mol. The number of urea groups is 1. The molecular formula is C28H32BrN3O3. The van der Waals surface area contributed by atoms with Gasteiger partial charge in [0, 0.05) is 21.7 Å². The Morgan fingerprint density at radius 1 is 1.06 bits per heavy atom. The molecule has 2 aliphatic rings. The fraction of sp³-hybridized carbons (Fsp3) is 0.393. The lowest BCUT2D eigenvalue weighted by molar-refractivity contribution is -0.122. The highest BCUT2D eigenvalue weighted by atomic mass is 79.9. The standard InChI is InChI=1S/C28H32BrN3O3/c1-15(2)32-24-11-16(3)19(12-21(24)18(5)14-28(32,6)7)13-22-25(33)30-27(35)31(26(22)34)23-9-8-20(29)10-17(23)4/h8-13,15,18H,14H2,1-7H3,(H,30,33,35)/b22-13+. The van der Waals surface area contributed by atoms with Gasteiger partial charge in [-0.25, -0.2) is 9.69 Å². The van der Waals surface area contributed by atoms with Crippen LogP contribution in [0, 0.1) is 13.8 Å². The zero-order valence-electron chi connectivity index (χ0n) is 21.3. The minimum Gasteiger partial charge on any atom is -0.364 e. The molecule has 0 radical (unpaired) electrons. The molecule has 4 amide bonds. The van der Waals surface area contributed by atoms with Crippen LogP contribution in [0.5, 0.6) is 0 Å². The molecule has 1 atom stereocenters. The summed E-state index contributed by atoms with van der Waals surface area (Å²) in [6.45, 7) is 15.0. The number of amides is 4. The average molecular weight is 538 g/mol. The van der Waals surface area contributed by atoms with Gasteiger partial charge in [0.15, 0.2) is 0 Å². The molecule has 2 heterocycles. The molecule has 4 rings (SSSR count). The van der Waals surface area contributed by atoms with E-state index in [0.717, 1.165) is 32.5 Å². The van der Waals surface area contributed by atoms with Crippen LogP contribution in [0.15, 0.2) is 40.4 Å². The molecule has 0 bridgehead atoms. The van der Waals surface area contributed by atoms with Gasteiger partial charge in [-0.15, -0.1) is 0 Å². The van der Waals surface area contributed by atoms with Gasteiger partial charge in [0.1, 0.15) is 5.57 Å². The third-order valence-corrected chi connectivity index (χ3v) is 7.47. The Labute approximate surface area is 215 Å². The monoisotopic (exact) mass is 537 g/mol. The van der Waals surface area contributed by atoms with E-state index in [-0.39, 0.29) is 11.1 Å². The number of carbonyl (C=O) groups excluding carboxylic acids is 3. The zero-order valence-corrected chi connectivity index (χ0v) is 22.9. The number of carbonyl (C=O) groups is 3. The van der Waals surface area contributed by atoms with Crippen LogP contribution < -0.4 is 15.1 Å². The van der Waals surface area contributed by atoms with Crippen LogP contribution in [0.25, 0.3) is 6.08 Å². The third kappa shape index (κ3) is 4.42. The number of aryl methyl sites for hydroxylation is 2. The maximum Gasteiger partial charge on any atom is 0.335 e. The summed E-state index contributed by atoms with van der Waals surface area (Å²) in [5.41, 5.74) is 5.33. The average Bonchev–Trinajstić information content (AvgIpc) is 2.72. The number of imide groups is 2. The van der Waals surface area contributed by atoms with E-state index >= 15 is 0 Å². The molecule has 1 saturated heterocycles. The Morgan fingerprint density at radius 2 is 1.74 bits per heavy atom. The first kappa shape index (κ1) is 25.2. The second-order valence-corrected chi connectivity index (χ2v) is 11.5. The largest absolute Gasteiger partial charge is 0.364 e. The van der Waals surface area contributed by atoms with E-state index in [1.165, 1.54) is 11.3 Å². The van der Waals surface area contributed by atoms with Crippen LogP contribution in [0.1, 0.15) is 69.2 Å². The van der Waals surface area contributed by atoms with Crippen LogP contribution in [-0.2, 0) is 9.59 Å². The lowest BCUT2D eigenvalue weighted by Gasteiger charge is -2.50.